The van der Waals surface area contributed by atoms with E-state index in [1.54, 1.807) is 6.20 Å². The second-order valence-electron chi connectivity index (χ2n) is 4.94. The molecular weight excluding hydrogens is 264 g/mol. The van der Waals surface area contributed by atoms with E-state index in [1.165, 1.54) is 6.20 Å². The number of para-hydroxylation sites is 1. The summed E-state index contributed by atoms with van der Waals surface area (Å²) in [7, 11) is 0. The highest BCUT2D eigenvalue weighted by atomic mass is 16.1. The first-order valence-electron chi connectivity index (χ1n) is 7.05. The van der Waals surface area contributed by atoms with Crippen LogP contribution in [0.15, 0.2) is 30.6 Å². The molecule has 1 aromatic carbocycles. The Bertz CT molecular complexity index is 620. The van der Waals surface area contributed by atoms with Crippen molar-refractivity contribution >= 4 is 17.4 Å². The van der Waals surface area contributed by atoms with Crippen LogP contribution in [0.4, 0.5) is 11.5 Å². The molecule has 1 amide bonds. The van der Waals surface area contributed by atoms with Crippen LogP contribution in [0.25, 0.3) is 0 Å². The molecule has 0 aliphatic heterocycles. The van der Waals surface area contributed by atoms with E-state index in [0.29, 0.717) is 11.5 Å². The van der Waals surface area contributed by atoms with E-state index < -0.39 is 0 Å². The maximum atomic E-state index is 12.3. The number of anilines is 2. The smallest absolute Gasteiger partial charge is 0.275 e. The highest BCUT2D eigenvalue weighted by Crippen LogP contribution is 2.20. The number of hydrogen-bond donors (Lipinski definition) is 2. The zero-order valence-electron chi connectivity index (χ0n) is 12.6. The topological polar surface area (TPSA) is 66.9 Å². The molecule has 110 valence electrons. The van der Waals surface area contributed by atoms with Crippen molar-refractivity contribution in [3.05, 3.63) is 47.4 Å². The summed E-state index contributed by atoms with van der Waals surface area (Å²) in [5.74, 6) is 0.367. The summed E-state index contributed by atoms with van der Waals surface area (Å²) in [6.45, 7) is 6.80. The Morgan fingerprint density at radius 3 is 2.57 bits per heavy atom. The third-order valence-corrected chi connectivity index (χ3v) is 3.14. The number of aromatic nitrogens is 2. The molecular formula is C16H20N4O. The number of carbonyl (C=O) groups is 1. The maximum absolute atomic E-state index is 12.3. The van der Waals surface area contributed by atoms with Crippen LogP contribution in [-0.4, -0.2) is 22.4 Å². The molecule has 0 saturated carbocycles. The first-order valence-corrected chi connectivity index (χ1v) is 7.05. The molecule has 0 unspecified atom stereocenters. The van der Waals surface area contributed by atoms with Gasteiger partial charge in [-0.1, -0.05) is 25.1 Å². The van der Waals surface area contributed by atoms with Gasteiger partial charge in [-0.2, -0.15) is 0 Å². The minimum atomic E-state index is -0.250. The molecule has 0 spiro atoms. The molecule has 0 fully saturated rings. The van der Waals surface area contributed by atoms with Gasteiger partial charge in [-0.25, -0.2) is 4.98 Å². The van der Waals surface area contributed by atoms with Gasteiger partial charge in [-0.15, -0.1) is 0 Å². The van der Waals surface area contributed by atoms with Crippen LogP contribution in [0, 0.1) is 13.8 Å². The fraction of sp³-hybridized carbons (Fsp3) is 0.312. The van der Waals surface area contributed by atoms with Gasteiger partial charge >= 0.3 is 0 Å². The van der Waals surface area contributed by atoms with E-state index in [4.69, 9.17) is 0 Å². The molecule has 0 radical (unpaired) electrons. The number of benzene rings is 1. The Kier molecular flexibility index (Phi) is 4.87. The number of carbonyl (C=O) groups excluding carboxylic acids is 1. The first kappa shape index (κ1) is 15.0. The predicted molar refractivity (Wildman–Crippen MR) is 84.7 cm³/mol. The summed E-state index contributed by atoms with van der Waals surface area (Å²) >= 11 is 0. The van der Waals surface area contributed by atoms with Crippen LogP contribution in [0.1, 0.15) is 35.0 Å². The predicted octanol–water partition coefficient (Wildman–Crippen LogP) is 3.17. The van der Waals surface area contributed by atoms with Crippen LogP contribution in [0.3, 0.4) is 0 Å². The van der Waals surface area contributed by atoms with Crippen LogP contribution in [0.5, 0.6) is 0 Å². The van der Waals surface area contributed by atoms with E-state index >= 15 is 0 Å². The van der Waals surface area contributed by atoms with Gasteiger partial charge in [0.15, 0.2) is 0 Å². The van der Waals surface area contributed by atoms with Gasteiger partial charge in [-0.3, -0.25) is 9.78 Å². The highest BCUT2D eigenvalue weighted by molar-refractivity contribution is 6.03. The number of aryl methyl sites for hydroxylation is 2. The van der Waals surface area contributed by atoms with Crippen LogP contribution in [0.2, 0.25) is 0 Å². The van der Waals surface area contributed by atoms with Crippen molar-refractivity contribution in [2.24, 2.45) is 0 Å². The van der Waals surface area contributed by atoms with Crippen molar-refractivity contribution in [1.29, 1.82) is 0 Å². The van der Waals surface area contributed by atoms with Gasteiger partial charge in [0, 0.05) is 12.2 Å². The number of amides is 1. The largest absolute Gasteiger partial charge is 0.369 e. The van der Waals surface area contributed by atoms with Crippen LogP contribution in [-0.2, 0) is 0 Å². The molecule has 5 nitrogen and oxygen atoms in total. The zero-order chi connectivity index (χ0) is 15.2. The van der Waals surface area contributed by atoms with Gasteiger partial charge in [0.05, 0.1) is 12.4 Å². The van der Waals surface area contributed by atoms with Crippen molar-refractivity contribution in [2.75, 3.05) is 17.2 Å². The second-order valence-corrected chi connectivity index (χ2v) is 4.94. The minimum Gasteiger partial charge on any atom is -0.369 e. The Labute approximate surface area is 124 Å². The van der Waals surface area contributed by atoms with Crippen molar-refractivity contribution in [1.82, 2.24) is 9.97 Å². The minimum absolute atomic E-state index is 0.250. The summed E-state index contributed by atoms with van der Waals surface area (Å²) in [6.07, 6.45) is 4.08. The third-order valence-electron chi connectivity index (χ3n) is 3.14. The fourth-order valence-electron chi connectivity index (χ4n) is 2.00. The molecule has 0 atom stereocenters. The molecule has 21 heavy (non-hydrogen) atoms. The lowest BCUT2D eigenvalue weighted by atomic mass is 10.1. The molecule has 0 saturated heterocycles. The molecule has 5 heteroatoms. The van der Waals surface area contributed by atoms with Gasteiger partial charge in [0.1, 0.15) is 11.5 Å². The van der Waals surface area contributed by atoms with Crippen molar-refractivity contribution in [2.45, 2.75) is 27.2 Å². The van der Waals surface area contributed by atoms with E-state index in [-0.39, 0.29) is 5.91 Å². The fourth-order valence-corrected chi connectivity index (χ4v) is 2.00. The Hall–Kier alpha value is -2.43. The lowest BCUT2D eigenvalue weighted by molar-refractivity contribution is 0.102. The number of nitrogens with zero attached hydrogens (tertiary/aromatic N) is 2. The lowest BCUT2D eigenvalue weighted by Gasteiger charge is -2.11. The lowest BCUT2D eigenvalue weighted by Crippen LogP contribution is -2.16. The van der Waals surface area contributed by atoms with Gasteiger partial charge in [-0.05, 0) is 31.4 Å². The summed E-state index contributed by atoms with van der Waals surface area (Å²) in [5, 5.41) is 6.03. The van der Waals surface area contributed by atoms with Crippen molar-refractivity contribution in [3.63, 3.8) is 0 Å². The summed E-state index contributed by atoms with van der Waals surface area (Å²) in [5.41, 5.74) is 3.18. The molecule has 0 bridgehead atoms. The molecule has 0 aliphatic rings. The highest BCUT2D eigenvalue weighted by Gasteiger charge is 2.11. The van der Waals surface area contributed by atoms with Gasteiger partial charge in [0.25, 0.3) is 5.91 Å². The first-order chi connectivity index (χ1) is 10.1. The van der Waals surface area contributed by atoms with Crippen LogP contribution >= 0.6 is 0 Å². The third kappa shape index (κ3) is 3.78. The van der Waals surface area contributed by atoms with Gasteiger partial charge < -0.3 is 10.6 Å². The maximum Gasteiger partial charge on any atom is 0.275 e. The van der Waals surface area contributed by atoms with E-state index in [2.05, 4.69) is 27.5 Å². The van der Waals surface area contributed by atoms with E-state index in [1.807, 2.05) is 32.0 Å². The normalized spacial score (nSPS) is 10.2. The number of nitrogens with one attached hydrogen (secondary N) is 2. The summed E-state index contributed by atoms with van der Waals surface area (Å²) in [4.78, 5) is 20.6. The van der Waals surface area contributed by atoms with E-state index in [0.717, 1.165) is 29.8 Å². The summed E-state index contributed by atoms with van der Waals surface area (Å²) in [6, 6.07) is 5.90. The zero-order valence-corrected chi connectivity index (χ0v) is 12.6. The standard InChI is InChI=1S/C16H20N4O/c1-4-8-18-14-10-17-9-13(19-14)16(21)20-15-11(2)6-5-7-12(15)3/h5-7,9-10H,4,8H2,1-3H3,(H,18,19)(H,20,21). The monoisotopic (exact) mass is 284 g/mol. The average Bonchev–Trinajstić information content (AvgIpc) is 2.49. The van der Waals surface area contributed by atoms with Gasteiger partial charge in [0.2, 0.25) is 0 Å². The van der Waals surface area contributed by atoms with Crippen molar-refractivity contribution in [3.8, 4) is 0 Å². The SMILES string of the molecule is CCCNc1cncc(C(=O)Nc2c(C)cccc2C)n1. The van der Waals surface area contributed by atoms with Crippen molar-refractivity contribution < 1.29 is 4.79 Å². The van der Waals surface area contributed by atoms with Crippen LogP contribution < -0.4 is 10.6 Å². The van der Waals surface area contributed by atoms with E-state index in [9.17, 15) is 4.79 Å². The second kappa shape index (κ2) is 6.83. The number of hydrogen-bond acceptors (Lipinski definition) is 4. The molecule has 2 N–H and O–H groups in total. The number of rotatable bonds is 5. The molecule has 1 heterocycles. The molecule has 2 rings (SSSR count). The molecule has 2 aromatic rings. The quantitative estimate of drug-likeness (QED) is 0.885. The summed E-state index contributed by atoms with van der Waals surface area (Å²) < 4.78 is 0. The average molecular weight is 284 g/mol. The Morgan fingerprint density at radius 2 is 1.90 bits per heavy atom. The Balaban J connectivity index is 2.17. The Morgan fingerprint density at radius 1 is 1.19 bits per heavy atom. The molecule has 1 aromatic heterocycles. The molecule has 0 aliphatic carbocycles.